The molecule has 0 saturated carbocycles. The summed E-state index contributed by atoms with van der Waals surface area (Å²) >= 11 is 7.58. The van der Waals surface area contributed by atoms with Crippen molar-refractivity contribution in [3.8, 4) is 0 Å². The van der Waals surface area contributed by atoms with Gasteiger partial charge in [0.15, 0.2) is 5.17 Å². The number of halogens is 1. The molecule has 0 fully saturated rings. The van der Waals surface area contributed by atoms with Crippen LogP contribution in [-0.2, 0) is 20.9 Å². The van der Waals surface area contributed by atoms with E-state index in [1.165, 1.54) is 11.8 Å². The van der Waals surface area contributed by atoms with Crippen LogP contribution < -0.4 is 5.32 Å². The maximum Gasteiger partial charge on any atom is 0.338 e. The second-order valence-corrected chi connectivity index (χ2v) is 10.5. The van der Waals surface area contributed by atoms with Crippen molar-refractivity contribution in [1.29, 1.82) is 0 Å². The van der Waals surface area contributed by atoms with Crippen molar-refractivity contribution in [2.45, 2.75) is 52.3 Å². The Morgan fingerprint density at radius 1 is 1.20 bits per heavy atom. The Labute approximate surface area is 214 Å². The summed E-state index contributed by atoms with van der Waals surface area (Å²) in [5.41, 5.74) is 2.89. The van der Waals surface area contributed by atoms with E-state index in [0.717, 1.165) is 16.8 Å². The summed E-state index contributed by atoms with van der Waals surface area (Å²) in [6.07, 6.45) is 3.55. The summed E-state index contributed by atoms with van der Waals surface area (Å²) in [6.45, 7) is 7.69. The molecule has 0 saturated heterocycles. The molecule has 0 aliphatic carbocycles. The van der Waals surface area contributed by atoms with Crippen molar-refractivity contribution in [3.63, 3.8) is 0 Å². The highest BCUT2D eigenvalue weighted by atomic mass is 35.5. The molecular formula is C26H27ClN4O3S. The number of rotatable bonds is 6. The van der Waals surface area contributed by atoms with Crippen LogP contribution in [0, 0.1) is 0 Å². The molecule has 1 aromatic carbocycles. The van der Waals surface area contributed by atoms with Gasteiger partial charge in [-0.3, -0.25) is 9.78 Å². The summed E-state index contributed by atoms with van der Waals surface area (Å²) in [6, 6.07) is 10.6. The number of thioether (sulfide) groups is 1. The van der Waals surface area contributed by atoms with Gasteiger partial charge in [-0.2, -0.15) is 0 Å². The molecule has 35 heavy (non-hydrogen) atoms. The molecule has 0 spiro atoms. The first-order valence-corrected chi connectivity index (χ1v) is 12.5. The van der Waals surface area contributed by atoms with Crippen LogP contribution in [-0.4, -0.2) is 32.5 Å². The van der Waals surface area contributed by atoms with E-state index in [9.17, 15) is 9.59 Å². The van der Waals surface area contributed by atoms with E-state index >= 15 is 0 Å². The number of hydrogen-bond donors (Lipinski definition) is 1. The third-order valence-corrected chi connectivity index (χ3v) is 6.50. The summed E-state index contributed by atoms with van der Waals surface area (Å²) in [5, 5.41) is 6.16. The van der Waals surface area contributed by atoms with Gasteiger partial charge in [-0.15, -0.1) is 0 Å². The van der Waals surface area contributed by atoms with Crippen LogP contribution in [0.3, 0.4) is 0 Å². The number of carbonyl (C=O) groups is 2. The van der Waals surface area contributed by atoms with E-state index in [1.807, 2.05) is 62.3 Å². The van der Waals surface area contributed by atoms with Crippen LogP contribution >= 0.6 is 23.4 Å². The lowest BCUT2D eigenvalue weighted by atomic mass is 9.93. The summed E-state index contributed by atoms with van der Waals surface area (Å²) in [7, 11) is 0. The number of aromatic nitrogens is 1. The lowest BCUT2D eigenvalue weighted by Gasteiger charge is -2.37. The standard InChI is InChI=1S/C26H27ClN4O3S/c1-16-22(24(33)34-26(2,3)4)23(18-7-9-19(27)10-8-18)31-20(15-35-25(31)30-16)12-21(32)29-14-17-6-5-11-28-13-17/h5-11,13,15,23H,12,14H2,1-4H3,(H,29,32). The number of allylic oxidation sites excluding steroid dienone is 1. The second kappa shape index (κ2) is 10.3. The van der Waals surface area contributed by atoms with Crippen LogP contribution in [0.25, 0.3) is 0 Å². The van der Waals surface area contributed by atoms with Crippen molar-refractivity contribution >= 4 is 40.4 Å². The number of fused-ring (bicyclic) bond motifs is 1. The Kier molecular flexibility index (Phi) is 7.33. The molecule has 1 amide bonds. The molecule has 3 heterocycles. The van der Waals surface area contributed by atoms with Crippen molar-refractivity contribution < 1.29 is 14.3 Å². The Morgan fingerprint density at radius 2 is 1.94 bits per heavy atom. The SMILES string of the molecule is CC1=C(C(=O)OC(C)(C)C)C(c2ccc(Cl)cc2)N2C(CC(=O)NCc3cccnc3)=CSC2=N1. The molecule has 182 valence electrons. The van der Waals surface area contributed by atoms with E-state index in [4.69, 9.17) is 16.3 Å². The maximum absolute atomic E-state index is 13.3. The first kappa shape index (κ1) is 25.0. The number of nitrogens with one attached hydrogen (secondary N) is 1. The predicted molar refractivity (Wildman–Crippen MR) is 138 cm³/mol. The van der Waals surface area contributed by atoms with Crippen molar-refractivity contribution in [2.24, 2.45) is 4.99 Å². The number of amides is 1. The van der Waals surface area contributed by atoms with Gasteiger partial charge in [-0.25, -0.2) is 9.79 Å². The van der Waals surface area contributed by atoms with Crippen molar-refractivity contribution in [1.82, 2.24) is 15.2 Å². The van der Waals surface area contributed by atoms with Crippen LogP contribution in [0.15, 0.2) is 76.2 Å². The number of esters is 1. The van der Waals surface area contributed by atoms with Gasteiger partial charge in [0.2, 0.25) is 5.91 Å². The molecule has 2 aromatic rings. The topological polar surface area (TPSA) is 83.9 Å². The quantitative estimate of drug-likeness (QED) is 0.527. The molecule has 1 atom stereocenters. The number of aliphatic imine (C=N–C) groups is 1. The van der Waals surface area contributed by atoms with Crippen LogP contribution in [0.2, 0.25) is 5.02 Å². The predicted octanol–water partition coefficient (Wildman–Crippen LogP) is 5.36. The lowest BCUT2D eigenvalue weighted by molar-refractivity contribution is -0.150. The molecule has 0 bridgehead atoms. The van der Waals surface area contributed by atoms with Gasteiger partial charge in [-0.05, 0) is 62.4 Å². The number of pyridine rings is 1. The maximum atomic E-state index is 13.3. The van der Waals surface area contributed by atoms with Gasteiger partial charge < -0.3 is 15.0 Å². The monoisotopic (exact) mass is 510 g/mol. The van der Waals surface area contributed by atoms with E-state index in [0.29, 0.717) is 28.0 Å². The number of hydrogen-bond acceptors (Lipinski definition) is 7. The zero-order valence-corrected chi connectivity index (χ0v) is 21.6. The summed E-state index contributed by atoms with van der Waals surface area (Å²) in [5.74, 6) is -0.572. The first-order valence-electron chi connectivity index (χ1n) is 11.2. The minimum Gasteiger partial charge on any atom is -0.456 e. The molecule has 7 nitrogen and oxygen atoms in total. The van der Waals surface area contributed by atoms with E-state index in [1.54, 1.807) is 24.5 Å². The number of ether oxygens (including phenoxy) is 1. The number of benzene rings is 1. The lowest BCUT2D eigenvalue weighted by Crippen LogP contribution is -2.39. The fourth-order valence-corrected chi connectivity index (χ4v) is 4.94. The smallest absolute Gasteiger partial charge is 0.338 e. The van der Waals surface area contributed by atoms with E-state index in [2.05, 4.69) is 15.3 Å². The van der Waals surface area contributed by atoms with Crippen molar-refractivity contribution in [2.75, 3.05) is 0 Å². The summed E-state index contributed by atoms with van der Waals surface area (Å²) in [4.78, 5) is 36.9. The van der Waals surface area contributed by atoms with Crippen LogP contribution in [0.1, 0.15) is 51.3 Å². The second-order valence-electron chi connectivity index (χ2n) is 9.26. The Bertz CT molecular complexity index is 1220. The van der Waals surface area contributed by atoms with E-state index in [-0.39, 0.29) is 12.3 Å². The average molecular weight is 511 g/mol. The molecule has 4 rings (SSSR count). The molecule has 2 aliphatic rings. The average Bonchev–Trinajstić information content (AvgIpc) is 3.18. The highest BCUT2D eigenvalue weighted by Gasteiger charge is 2.41. The fourth-order valence-electron chi connectivity index (χ4n) is 3.85. The highest BCUT2D eigenvalue weighted by Crippen LogP contribution is 2.45. The van der Waals surface area contributed by atoms with Crippen LogP contribution in [0.5, 0.6) is 0 Å². The van der Waals surface area contributed by atoms with Crippen LogP contribution in [0.4, 0.5) is 0 Å². The molecule has 0 radical (unpaired) electrons. The van der Waals surface area contributed by atoms with Gasteiger partial charge in [0, 0.05) is 29.7 Å². The van der Waals surface area contributed by atoms with Gasteiger partial charge in [0.05, 0.1) is 23.7 Å². The molecule has 1 aromatic heterocycles. The third-order valence-electron chi connectivity index (χ3n) is 5.36. The number of nitrogens with zero attached hydrogens (tertiary/aromatic N) is 3. The molecule has 1 unspecified atom stereocenters. The minimum absolute atomic E-state index is 0.136. The molecule has 2 aliphatic heterocycles. The normalized spacial score (nSPS) is 17.5. The molecule has 1 N–H and O–H groups in total. The van der Waals surface area contributed by atoms with E-state index < -0.39 is 17.6 Å². The minimum atomic E-state index is -0.663. The summed E-state index contributed by atoms with van der Waals surface area (Å²) < 4.78 is 5.75. The largest absolute Gasteiger partial charge is 0.456 e. The Hall–Kier alpha value is -3.10. The Balaban J connectivity index is 1.62. The van der Waals surface area contributed by atoms with Gasteiger partial charge >= 0.3 is 5.97 Å². The van der Waals surface area contributed by atoms with Gasteiger partial charge in [0.25, 0.3) is 0 Å². The fraction of sp³-hybridized carbons (Fsp3) is 0.308. The van der Waals surface area contributed by atoms with Gasteiger partial charge in [0.1, 0.15) is 5.60 Å². The molecular weight excluding hydrogens is 484 g/mol. The Morgan fingerprint density at radius 3 is 2.60 bits per heavy atom. The van der Waals surface area contributed by atoms with Gasteiger partial charge in [-0.1, -0.05) is 41.6 Å². The zero-order valence-electron chi connectivity index (χ0n) is 20.0. The zero-order chi connectivity index (χ0) is 25.2. The van der Waals surface area contributed by atoms with Crippen molar-refractivity contribution in [3.05, 3.63) is 87.3 Å². The number of carbonyl (C=O) groups excluding carboxylic acids is 2. The third kappa shape index (κ3) is 5.94. The molecule has 9 heteroatoms. The first-order chi connectivity index (χ1) is 16.6. The highest BCUT2D eigenvalue weighted by molar-refractivity contribution is 8.16. The number of amidine groups is 1.